The summed E-state index contributed by atoms with van der Waals surface area (Å²) >= 11 is 5.99. The van der Waals surface area contributed by atoms with Crippen LogP contribution in [0.25, 0.3) is 32.9 Å². The van der Waals surface area contributed by atoms with Gasteiger partial charge in [0, 0.05) is 45.3 Å². The van der Waals surface area contributed by atoms with E-state index in [1.807, 2.05) is 43.3 Å². The van der Waals surface area contributed by atoms with E-state index in [4.69, 9.17) is 22.6 Å². The van der Waals surface area contributed by atoms with E-state index in [1.54, 1.807) is 18.3 Å². The Morgan fingerprint density at radius 2 is 1.97 bits per heavy atom. The molecule has 3 aromatic carbocycles. The highest BCUT2D eigenvalue weighted by molar-refractivity contribution is 6.31. The number of hydrogen-bond acceptors (Lipinski definition) is 5. The minimum absolute atomic E-state index is 0.137. The SMILES string of the molecule is Cc1c(NCc2ccc(Cl)cc2C(=O)O)cccc1-c1cnc(C(N)=O)c2[nH]c3cc(CC#N)ccc3c12. The zero-order valence-corrected chi connectivity index (χ0v) is 21.1. The van der Waals surface area contributed by atoms with Gasteiger partial charge in [-0.3, -0.25) is 4.79 Å². The van der Waals surface area contributed by atoms with Crippen LogP contribution in [0.2, 0.25) is 5.02 Å². The van der Waals surface area contributed by atoms with E-state index in [0.717, 1.165) is 44.2 Å². The summed E-state index contributed by atoms with van der Waals surface area (Å²) in [6, 6.07) is 18.4. The minimum Gasteiger partial charge on any atom is -0.478 e. The van der Waals surface area contributed by atoms with Crippen LogP contribution in [0.1, 0.15) is 37.5 Å². The summed E-state index contributed by atoms with van der Waals surface area (Å²) in [6.07, 6.45) is 1.91. The highest BCUT2D eigenvalue weighted by Crippen LogP contribution is 2.38. The van der Waals surface area contributed by atoms with Gasteiger partial charge in [0.25, 0.3) is 5.91 Å². The lowest BCUT2D eigenvalue weighted by Crippen LogP contribution is -2.13. The number of H-pyrrole nitrogens is 1. The molecule has 0 spiro atoms. The van der Waals surface area contributed by atoms with Gasteiger partial charge in [-0.1, -0.05) is 41.9 Å². The Hall–Kier alpha value is -4.87. The van der Waals surface area contributed by atoms with Crippen molar-refractivity contribution in [2.45, 2.75) is 19.9 Å². The lowest BCUT2D eigenvalue weighted by atomic mass is 9.95. The number of aromatic carboxylic acids is 1. The molecule has 188 valence electrons. The Bertz CT molecular complexity index is 1800. The second kappa shape index (κ2) is 9.88. The molecule has 0 bridgehead atoms. The van der Waals surface area contributed by atoms with E-state index >= 15 is 0 Å². The van der Waals surface area contributed by atoms with E-state index in [-0.39, 0.29) is 24.2 Å². The van der Waals surface area contributed by atoms with Gasteiger partial charge in [0.15, 0.2) is 5.69 Å². The molecule has 9 heteroatoms. The summed E-state index contributed by atoms with van der Waals surface area (Å²) in [4.78, 5) is 31.5. The maximum atomic E-state index is 12.2. The molecule has 0 radical (unpaired) electrons. The Morgan fingerprint density at radius 3 is 2.71 bits per heavy atom. The van der Waals surface area contributed by atoms with Gasteiger partial charge in [0.05, 0.1) is 23.6 Å². The number of nitriles is 1. The van der Waals surface area contributed by atoms with Crippen molar-refractivity contribution >= 4 is 51.0 Å². The van der Waals surface area contributed by atoms with Gasteiger partial charge in [0.2, 0.25) is 0 Å². The van der Waals surface area contributed by atoms with Crippen LogP contribution in [0, 0.1) is 18.3 Å². The van der Waals surface area contributed by atoms with Crippen molar-refractivity contribution in [1.29, 1.82) is 5.26 Å². The zero-order chi connectivity index (χ0) is 27.0. The number of aromatic amines is 1. The minimum atomic E-state index is -1.05. The summed E-state index contributed by atoms with van der Waals surface area (Å²) < 4.78 is 0. The molecular formula is C29H22ClN5O3. The first-order valence-corrected chi connectivity index (χ1v) is 12.1. The first-order chi connectivity index (χ1) is 18.3. The Kier molecular flexibility index (Phi) is 6.45. The van der Waals surface area contributed by atoms with Crippen LogP contribution in [0.5, 0.6) is 0 Å². The fourth-order valence-electron chi connectivity index (χ4n) is 4.76. The molecule has 0 aliphatic heterocycles. The van der Waals surface area contributed by atoms with Gasteiger partial charge >= 0.3 is 5.97 Å². The highest BCUT2D eigenvalue weighted by atomic mass is 35.5. The van der Waals surface area contributed by atoms with Crippen LogP contribution in [0.4, 0.5) is 5.69 Å². The second-order valence-corrected chi connectivity index (χ2v) is 9.35. The number of carboxylic acid groups (broad SMARTS) is 1. The Labute approximate surface area is 222 Å². The first-order valence-electron chi connectivity index (χ1n) is 11.7. The Morgan fingerprint density at radius 1 is 1.16 bits per heavy atom. The number of nitrogens with two attached hydrogens (primary N) is 1. The summed E-state index contributed by atoms with van der Waals surface area (Å²) in [5, 5.41) is 24.1. The summed E-state index contributed by atoms with van der Waals surface area (Å²) in [5.74, 6) is -1.69. The third-order valence-corrected chi connectivity index (χ3v) is 6.84. The molecule has 1 amide bonds. The number of pyridine rings is 1. The summed E-state index contributed by atoms with van der Waals surface area (Å²) in [7, 11) is 0. The average Bonchev–Trinajstić information content (AvgIpc) is 3.27. The molecule has 2 aromatic heterocycles. The number of rotatable bonds is 7. The van der Waals surface area contributed by atoms with Crippen LogP contribution in [-0.2, 0) is 13.0 Å². The zero-order valence-electron chi connectivity index (χ0n) is 20.3. The maximum absolute atomic E-state index is 12.2. The first kappa shape index (κ1) is 24.8. The van der Waals surface area contributed by atoms with Crippen LogP contribution in [-0.4, -0.2) is 27.0 Å². The molecule has 5 N–H and O–H groups in total. The molecule has 8 nitrogen and oxygen atoms in total. The average molecular weight is 524 g/mol. The van der Waals surface area contributed by atoms with Gasteiger partial charge in [-0.25, -0.2) is 9.78 Å². The van der Waals surface area contributed by atoms with E-state index in [9.17, 15) is 14.7 Å². The summed E-state index contributed by atoms with van der Waals surface area (Å²) in [6.45, 7) is 2.25. The third-order valence-electron chi connectivity index (χ3n) is 6.60. The lowest BCUT2D eigenvalue weighted by molar-refractivity contribution is 0.0695. The molecule has 0 atom stereocenters. The number of carbonyl (C=O) groups excluding carboxylic acids is 1. The Balaban J connectivity index is 1.62. The van der Waals surface area contributed by atoms with Crippen molar-refractivity contribution in [2.75, 3.05) is 5.32 Å². The molecule has 0 aliphatic carbocycles. The predicted octanol–water partition coefficient (Wildman–Crippen LogP) is 5.82. The quantitative estimate of drug-likeness (QED) is 0.211. The van der Waals surface area contributed by atoms with Crippen molar-refractivity contribution in [3.05, 3.63) is 93.8 Å². The standard InChI is InChI=1S/C29H22ClN5O3/c1-15-19(3-2-4-23(15)33-13-17-6-7-18(30)12-21(17)29(37)38)22-14-34-27(28(32)36)26-25(22)20-8-5-16(9-10-31)11-24(20)35-26/h2-8,11-12,14,33,35H,9,13H2,1H3,(H2,32,36)(H,37,38). The van der Waals surface area contributed by atoms with Crippen molar-refractivity contribution in [2.24, 2.45) is 5.73 Å². The van der Waals surface area contributed by atoms with Gasteiger partial charge < -0.3 is 21.1 Å². The number of nitrogens with zero attached hydrogens (tertiary/aromatic N) is 2. The fraction of sp³-hybridized carbons (Fsp3) is 0.103. The van der Waals surface area contributed by atoms with Crippen molar-refractivity contribution in [1.82, 2.24) is 9.97 Å². The largest absolute Gasteiger partial charge is 0.478 e. The molecule has 38 heavy (non-hydrogen) atoms. The molecule has 0 fully saturated rings. The van der Waals surface area contributed by atoms with E-state index in [2.05, 4.69) is 21.4 Å². The number of nitrogens with one attached hydrogen (secondary N) is 2. The van der Waals surface area contributed by atoms with E-state index < -0.39 is 11.9 Å². The van der Waals surface area contributed by atoms with Crippen LogP contribution < -0.4 is 11.1 Å². The van der Waals surface area contributed by atoms with E-state index in [1.165, 1.54) is 6.07 Å². The number of carboxylic acids is 1. The van der Waals surface area contributed by atoms with Crippen molar-refractivity contribution < 1.29 is 14.7 Å². The number of benzene rings is 3. The fourth-order valence-corrected chi connectivity index (χ4v) is 4.94. The third kappa shape index (κ3) is 4.40. The molecule has 0 saturated heterocycles. The van der Waals surface area contributed by atoms with Crippen LogP contribution >= 0.6 is 11.6 Å². The molecular weight excluding hydrogens is 502 g/mol. The maximum Gasteiger partial charge on any atom is 0.336 e. The van der Waals surface area contributed by atoms with Gasteiger partial charge in [-0.15, -0.1) is 0 Å². The second-order valence-electron chi connectivity index (χ2n) is 8.91. The lowest BCUT2D eigenvalue weighted by Gasteiger charge is -2.16. The van der Waals surface area contributed by atoms with Crippen LogP contribution in [0.3, 0.4) is 0 Å². The molecule has 0 saturated carbocycles. The summed E-state index contributed by atoms with van der Waals surface area (Å²) in [5.41, 5.74) is 12.1. The van der Waals surface area contributed by atoms with Crippen molar-refractivity contribution in [3.8, 4) is 17.2 Å². The number of carbonyl (C=O) groups is 2. The predicted molar refractivity (Wildman–Crippen MR) is 147 cm³/mol. The van der Waals surface area contributed by atoms with Gasteiger partial charge in [-0.2, -0.15) is 5.26 Å². The van der Waals surface area contributed by atoms with Gasteiger partial charge in [-0.05, 0) is 53.4 Å². The smallest absolute Gasteiger partial charge is 0.336 e. The number of primary amides is 1. The highest BCUT2D eigenvalue weighted by Gasteiger charge is 2.20. The number of fused-ring (bicyclic) bond motifs is 3. The van der Waals surface area contributed by atoms with Gasteiger partial charge in [0.1, 0.15) is 0 Å². The van der Waals surface area contributed by atoms with Crippen molar-refractivity contribution in [3.63, 3.8) is 0 Å². The molecule has 2 heterocycles. The number of hydrogen-bond donors (Lipinski definition) is 4. The number of aromatic nitrogens is 2. The van der Waals surface area contributed by atoms with E-state index in [0.29, 0.717) is 16.1 Å². The normalized spacial score (nSPS) is 11.0. The molecule has 5 rings (SSSR count). The number of amides is 1. The molecule has 0 aliphatic rings. The van der Waals surface area contributed by atoms with Crippen LogP contribution in [0.15, 0.2) is 60.8 Å². The molecule has 0 unspecified atom stereocenters. The molecule has 5 aromatic rings. The monoisotopic (exact) mass is 523 g/mol. The topological polar surface area (TPSA) is 145 Å². The number of anilines is 1. The number of halogens is 1.